The van der Waals surface area contributed by atoms with E-state index < -0.39 is 23.6 Å². The van der Waals surface area contributed by atoms with Crippen LogP contribution in [0.25, 0.3) is 0 Å². The molecule has 2 aromatic rings. The molecule has 0 aliphatic carbocycles. The van der Waals surface area contributed by atoms with E-state index in [0.717, 1.165) is 0 Å². The second-order valence-corrected chi connectivity index (χ2v) is 3.84. The van der Waals surface area contributed by atoms with Crippen molar-refractivity contribution in [3.05, 3.63) is 58.8 Å². The molecule has 18 heavy (non-hydrogen) atoms. The van der Waals surface area contributed by atoms with E-state index in [1.165, 1.54) is 12.3 Å². The van der Waals surface area contributed by atoms with E-state index in [2.05, 4.69) is 0 Å². The Morgan fingerprint density at radius 3 is 2.44 bits per heavy atom. The third-order valence-corrected chi connectivity index (χ3v) is 2.73. The molecule has 0 bridgehead atoms. The number of hydrogen-bond donors (Lipinski definition) is 1. The van der Waals surface area contributed by atoms with Gasteiger partial charge in [-0.3, -0.25) is 0 Å². The molecule has 2 nitrogen and oxygen atoms in total. The third-order valence-electron chi connectivity index (χ3n) is 2.73. The minimum atomic E-state index is -1.38. The van der Waals surface area contributed by atoms with Crippen LogP contribution in [0.4, 0.5) is 13.2 Å². The van der Waals surface area contributed by atoms with Crippen molar-refractivity contribution in [2.24, 2.45) is 0 Å². The molecule has 0 radical (unpaired) electrons. The van der Waals surface area contributed by atoms with Gasteiger partial charge in [0.15, 0.2) is 11.6 Å². The lowest BCUT2D eigenvalue weighted by atomic mass is 10.0. The molecule has 0 fully saturated rings. The largest absolute Gasteiger partial charge is 0.469 e. The fourth-order valence-electron chi connectivity index (χ4n) is 1.80. The summed E-state index contributed by atoms with van der Waals surface area (Å²) in [5, 5.41) is 10.00. The summed E-state index contributed by atoms with van der Waals surface area (Å²) in [7, 11) is 0. The summed E-state index contributed by atoms with van der Waals surface area (Å²) in [6.45, 7) is 1.80. The molecule has 96 valence electrons. The summed E-state index contributed by atoms with van der Waals surface area (Å²) in [6, 6.07) is 2.55. The number of benzene rings is 1. The lowest BCUT2D eigenvalue weighted by Gasteiger charge is -2.12. The molecule has 1 aromatic heterocycles. The summed E-state index contributed by atoms with van der Waals surface area (Å²) < 4.78 is 44.5. The summed E-state index contributed by atoms with van der Waals surface area (Å²) in [5.74, 6) is -3.00. The Labute approximate surface area is 102 Å². The van der Waals surface area contributed by atoms with Crippen LogP contribution in [0.15, 0.2) is 28.9 Å². The molecule has 5 heteroatoms. The van der Waals surface area contributed by atoms with Crippen LogP contribution < -0.4 is 0 Å². The van der Waals surface area contributed by atoms with Gasteiger partial charge in [0, 0.05) is 23.6 Å². The van der Waals surface area contributed by atoms with Gasteiger partial charge in [-0.15, -0.1) is 0 Å². The summed E-state index contributed by atoms with van der Waals surface area (Å²) >= 11 is 0. The molecule has 0 spiro atoms. The first-order valence-corrected chi connectivity index (χ1v) is 5.43. The number of hydrogen-bond acceptors (Lipinski definition) is 2. The molecule has 1 unspecified atom stereocenters. The van der Waals surface area contributed by atoms with Gasteiger partial charge in [0.1, 0.15) is 17.7 Å². The Kier molecular flexibility index (Phi) is 3.43. The highest BCUT2D eigenvalue weighted by atomic mass is 19.2. The van der Waals surface area contributed by atoms with Crippen molar-refractivity contribution in [1.82, 2.24) is 0 Å². The van der Waals surface area contributed by atoms with Gasteiger partial charge >= 0.3 is 0 Å². The van der Waals surface area contributed by atoms with Gasteiger partial charge in [-0.05, 0) is 12.1 Å². The zero-order chi connectivity index (χ0) is 13.3. The number of halogens is 3. The van der Waals surface area contributed by atoms with Gasteiger partial charge in [-0.2, -0.15) is 0 Å². The first kappa shape index (κ1) is 12.7. The van der Waals surface area contributed by atoms with E-state index in [1.807, 2.05) is 0 Å². The molecule has 1 atom stereocenters. The van der Waals surface area contributed by atoms with Gasteiger partial charge in [0.25, 0.3) is 0 Å². The van der Waals surface area contributed by atoms with Crippen LogP contribution in [0, 0.1) is 17.5 Å². The maximum absolute atomic E-state index is 13.5. The molecular weight excluding hydrogens is 245 g/mol. The van der Waals surface area contributed by atoms with Crippen molar-refractivity contribution in [1.29, 1.82) is 0 Å². The standard InChI is InChI=1S/C13H11F3O2/c1-2-12-7(3-4-18-12)13(17)8-5-10(15)11(16)6-9(8)14/h3-6,13,17H,2H2,1H3. The Morgan fingerprint density at radius 1 is 1.11 bits per heavy atom. The van der Waals surface area contributed by atoms with Gasteiger partial charge in [-0.1, -0.05) is 6.92 Å². The second-order valence-electron chi connectivity index (χ2n) is 3.84. The molecule has 2 rings (SSSR count). The number of furan rings is 1. The molecule has 0 amide bonds. The van der Waals surface area contributed by atoms with Gasteiger partial charge in [-0.25, -0.2) is 13.2 Å². The zero-order valence-electron chi connectivity index (χ0n) is 9.58. The molecule has 1 heterocycles. The quantitative estimate of drug-likeness (QED) is 0.854. The first-order chi connectivity index (χ1) is 8.54. The molecule has 1 N–H and O–H groups in total. The normalized spacial score (nSPS) is 12.7. The van der Waals surface area contributed by atoms with Crippen molar-refractivity contribution in [3.63, 3.8) is 0 Å². The maximum atomic E-state index is 13.5. The zero-order valence-corrected chi connectivity index (χ0v) is 9.58. The van der Waals surface area contributed by atoms with E-state index in [4.69, 9.17) is 4.42 Å². The van der Waals surface area contributed by atoms with Crippen molar-refractivity contribution in [2.45, 2.75) is 19.4 Å². The second kappa shape index (κ2) is 4.86. The predicted molar refractivity (Wildman–Crippen MR) is 58.5 cm³/mol. The molecule has 1 aromatic carbocycles. The Bertz CT molecular complexity index is 563. The summed E-state index contributed by atoms with van der Waals surface area (Å²) in [4.78, 5) is 0. The highest BCUT2D eigenvalue weighted by Gasteiger charge is 2.21. The number of aryl methyl sites for hydroxylation is 1. The Morgan fingerprint density at radius 2 is 1.78 bits per heavy atom. The fourth-order valence-corrected chi connectivity index (χ4v) is 1.80. The Hall–Kier alpha value is -1.75. The van der Waals surface area contributed by atoms with E-state index in [9.17, 15) is 18.3 Å². The van der Waals surface area contributed by atoms with Crippen molar-refractivity contribution in [2.75, 3.05) is 0 Å². The third kappa shape index (κ3) is 2.13. The first-order valence-electron chi connectivity index (χ1n) is 5.43. The molecule has 0 saturated carbocycles. The van der Waals surface area contributed by atoms with Gasteiger partial charge in [0.05, 0.1) is 6.26 Å². The average molecular weight is 256 g/mol. The number of aliphatic hydroxyl groups excluding tert-OH is 1. The summed E-state index contributed by atoms with van der Waals surface area (Å²) in [5.41, 5.74) is 0.0346. The van der Waals surface area contributed by atoms with Crippen LogP contribution in [0.1, 0.15) is 29.9 Å². The van der Waals surface area contributed by atoms with Crippen LogP contribution in [-0.2, 0) is 6.42 Å². The number of rotatable bonds is 3. The highest BCUT2D eigenvalue weighted by molar-refractivity contribution is 5.33. The lowest BCUT2D eigenvalue weighted by Crippen LogP contribution is -2.05. The molecule has 0 saturated heterocycles. The topological polar surface area (TPSA) is 33.4 Å². The van der Waals surface area contributed by atoms with Crippen molar-refractivity contribution in [3.8, 4) is 0 Å². The lowest BCUT2D eigenvalue weighted by molar-refractivity contribution is 0.211. The van der Waals surface area contributed by atoms with Gasteiger partial charge in [0.2, 0.25) is 0 Å². The monoisotopic (exact) mass is 256 g/mol. The predicted octanol–water partition coefficient (Wildman–Crippen LogP) is 3.34. The minimum Gasteiger partial charge on any atom is -0.469 e. The average Bonchev–Trinajstić information content (AvgIpc) is 2.81. The fraction of sp³-hybridized carbons (Fsp3) is 0.231. The van der Waals surface area contributed by atoms with E-state index in [0.29, 0.717) is 29.9 Å². The minimum absolute atomic E-state index is 0.315. The van der Waals surface area contributed by atoms with Gasteiger partial charge < -0.3 is 9.52 Å². The van der Waals surface area contributed by atoms with Crippen molar-refractivity contribution < 1.29 is 22.7 Å². The Balaban J connectivity index is 2.46. The molecule has 0 aliphatic heterocycles. The van der Waals surface area contributed by atoms with E-state index in [1.54, 1.807) is 6.92 Å². The van der Waals surface area contributed by atoms with Crippen LogP contribution in [0.2, 0.25) is 0 Å². The highest BCUT2D eigenvalue weighted by Crippen LogP contribution is 2.29. The summed E-state index contributed by atoms with van der Waals surface area (Å²) in [6.07, 6.45) is 0.480. The molecular formula is C13H11F3O2. The van der Waals surface area contributed by atoms with E-state index in [-0.39, 0.29) is 5.56 Å². The number of aliphatic hydroxyl groups is 1. The smallest absolute Gasteiger partial charge is 0.161 e. The van der Waals surface area contributed by atoms with Crippen LogP contribution in [0.5, 0.6) is 0 Å². The van der Waals surface area contributed by atoms with E-state index >= 15 is 0 Å². The molecule has 0 aliphatic rings. The van der Waals surface area contributed by atoms with Crippen LogP contribution in [-0.4, -0.2) is 5.11 Å². The SMILES string of the molecule is CCc1occc1C(O)c1cc(F)c(F)cc1F. The van der Waals surface area contributed by atoms with Crippen molar-refractivity contribution >= 4 is 0 Å². The maximum Gasteiger partial charge on any atom is 0.161 e. The van der Waals surface area contributed by atoms with Crippen LogP contribution >= 0.6 is 0 Å². The van der Waals surface area contributed by atoms with Crippen LogP contribution in [0.3, 0.4) is 0 Å².